The highest BCUT2D eigenvalue weighted by atomic mass is 35.5. The van der Waals surface area contributed by atoms with E-state index in [9.17, 15) is 9.59 Å². The van der Waals surface area contributed by atoms with E-state index < -0.39 is 6.04 Å². The lowest BCUT2D eigenvalue weighted by molar-refractivity contribution is -0.123. The Morgan fingerprint density at radius 1 is 1.12 bits per heavy atom. The van der Waals surface area contributed by atoms with Gasteiger partial charge in [-0.2, -0.15) is 0 Å². The van der Waals surface area contributed by atoms with Gasteiger partial charge < -0.3 is 20.7 Å². The zero-order valence-electron chi connectivity index (χ0n) is 14.7. The number of carbonyl (C=O) groups is 2. The first kappa shape index (κ1) is 22.2. The molecule has 6 nitrogen and oxygen atoms in total. The standard InChI is InChI=1S/C17H27N3O3.ClH/c1-12(2)15(17(22)19-11-5-10-18-3)20-16(21)13-6-8-14(23-4)9-7-13;/h6-9,12,15,18H,5,10-11H2,1-4H3,(H,19,22)(H,20,21);1H. The zero-order chi connectivity index (χ0) is 17.2. The Hall–Kier alpha value is -1.79. The first-order chi connectivity index (χ1) is 11.0. The minimum atomic E-state index is -0.556. The Bertz CT molecular complexity index is 506. The molecule has 7 heteroatoms. The molecule has 136 valence electrons. The summed E-state index contributed by atoms with van der Waals surface area (Å²) in [6.45, 7) is 5.24. The first-order valence-electron chi connectivity index (χ1n) is 7.86. The number of halogens is 1. The molecule has 24 heavy (non-hydrogen) atoms. The van der Waals surface area contributed by atoms with Gasteiger partial charge in [-0.15, -0.1) is 12.4 Å². The third-order valence-electron chi connectivity index (χ3n) is 3.49. The summed E-state index contributed by atoms with van der Waals surface area (Å²) in [6, 6.07) is 6.24. The lowest BCUT2D eigenvalue weighted by atomic mass is 10.0. The largest absolute Gasteiger partial charge is 0.497 e. The van der Waals surface area contributed by atoms with E-state index in [1.807, 2.05) is 20.9 Å². The van der Waals surface area contributed by atoms with Gasteiger partial charge in [0.1, 0.15) is 11.8 Å². The van der Waals surface area contributed by atoms with Gasteiger partial charge >= 0.3 is 0 Å². The van der Waals surface area contributed by atoms with Gasteiger partial charge in [-0.1, -0.05) is 13.8 Å². The lowest BCUT2D eigenvalue weighted by Gasteiger charge is -2.21. The number of carbonyl (C=O) groups excluding carboxylic acids is 2. The molecule has 0 aliphatic rings. The molecule has 0 aromatic heterocycles. The fraction of sp³-hybridized carbons (Fsp3) is 0.529. The highest BCUT2D eigenvalue weighted by Crippen LogP contribution is 2.12. The van der Waals surface area contributed by atoms with Crippen LogP contribution in [-0.4, -0.2) is 45.1 Å². The van der Waals surface area contributed by atoms with Crippen LogP contribution in [0.2, 0.25) is 0 Å². The molecule has 0 heterocycles. The summed E-state index contributed by atoms with van der Waals surface area (Å²) < 4.78 is 5.07. The molecule has 1 rings (SSSR count). The first-order valence-corrected chi connectivity index (χ1v) is 7.86. The van der Waals surface area contributed by atoms with Gasteiger partial charge in [0.25, 0.3) is 5.91 Å². The van der Waals surface area contributed by atoms with Crippen molar-refractivity contribution < 1.29 is 14.3 Å². The number of ether oxygens (including phenoxy) is 1. The Balaban J connectivity index is 0.00000529. The Kier molecular flexibility index (Phi) is 10.8. The van der Waals surface area contributed by atoms with Crippen LogP contribution in [0.5, 0.6) is 5.75 Å². The van der Waals surface area contributed by atoms with Crippen LogP contribution in [0, 0.1) is 5.92 Å². The number of nitrogens with one attached hydrogen (secondary N) is 3. The third kappa shape index (κ3) is 7.19. The smallest absolute Gasteiger partial charge is 0.251 e. The summed E-state index contributed by atoms with van der Waals surface area (Å²) in [5.41, 5.74) is 0.499. The monoisotopic (exact) mass is 357 g/mol. The molecule has 1 unspecified atom stereocenters. The molecule has 1 atom stereocenters. The number of benzene rings is 1. The summed E-state index contributed by atoms with van der Waals surface area (Å²) in [5, 5.41) is 8.69. The summed E-state index contributed by atoms with van der Waals surface area (Å²) in [5.74, 6) is 0.264. The van der Waals surface area contributed by atoms with E-state index in [2.05, 4.69) is 16.0 Å². The summed E-state index contributed by atoms with van der Waals surface area (Å²) in [6.07, 6.45) is 0.847. The molecular weight excluding hydrogens is 330 g/mol. The second-order valence-electron chi connectivity index (χ2n) is 5.67. The van der Waals surface area contributed by atoms with Crippen molar-refractivity contribution in [3.05, 3.63) is 29.8 Å². The van der Waals surface area contributed by atoms with Crippen LogP contribution in [0.15, 0.2) is 24.3 Å². The predicted octanol–water partition coefficient (Wildman–Crippen LogP) is 1.60. The quantitative estimate of drug-likeness (QED) is 0.586. The van der Waals surface area contributed by atoms with Crippen LogP contribution >= 0.6 is 12.4 Å². The fourth-order valence-electron chi connectivity index (χ4n) is 2.09. The fourth-order valence-corrected chi connectivity index (χ4v) is 2.09. The molecule has 2 amide bonds. The topological polar surface area (TPSA) is 79.5 Å². The van der Waals surface area contributed by atoms with Gasteiger partial charge in [0.15, 0.2) is 0 Å². The summed E-state index contributed by atoms with van der Waals surface area (Å²) in [4.78, 5) is 24.5. The maximum atomic E-state index is 12.3. The highest BCUT2D eigenvalue weighted by molar-refractivity contribution is 5.97. The van der Waals surface area contributed by atoms with Crippen LogP contribution < -0.4 is 20.7 Å². The Morgan fingerprint density at radius 2 is 1.75 bits per heavy atom. The molecular formula is C17H28ClN3O3. The van der Waals surface area contributed by atoms with Crippen molar-refractivity contribution in [3.63, 3.8) is 0 Å². The maximum absolute atomic E-state index is 12.3. The SMILES string of the molecule is CNCCCNC(=O)C(NC(=O)c1ccc(OC)cc1)C(C)C.Cl. The molecule has 0 bridgehead atoms. The van der Waals surface area contributed by atoms with Gasteiger partial charge in [0.05, 0.1) is 7.11 Å². The van der Waals surface area contributed by atoms with Crippen molar-refractivity contribution in [1.82, 2.24) is 16.0 Å². The van der Waals surface area contributed by atoms with Crippen molar-refractivity contribution in [2.45, 2.75) is 26.3 Å². The number of hydrogen-bond acceptors (Lipinski definition) is 4. The van der Waals surface area contributed by atoms with Gasteiger partial charge in [-0.25, -0.2) is 0 Å². The Labute approximate surface area is 150 Å². The van der Waals surface area contributed by atoms with E-state index >= 15 is 0 Å². The van der Waals surface area contributed by atoms with Crippen molar-refractivity contribution in [2.24, 2.45) is 5.92 Å². The van der Waals surface area contributed by atoms with Crippen molar-refractivity contribution in [3.8, 4) is 5.75 Å². The van der Waals surface area contributed by atoms with Crippen LogP contribution in [0.25, 0.3) is 0 Å². The minimum absolute atomic E-state index is 0. The zero-order valence-corrected chi connectivity index (χ0v) is 15.5. The lowest BCUT2D eigenvalue weighted by Crippen LogP contribution is -2.50. The molecule has 0 saturated heterocycles. The van der Waals surface area contributed by atoms with Crippen molar-refractivity contribution in [1.29, 1.82) is 0 Å². The summed E-state index contributed by atoms with van der Waals surface area (Å²) in [7, 11) is 3.44. The predicted molar refractivity (Wildman–Crippen MR) is 97.9 cm³/mol. The van der Waals surface area contributed by atoms with E-state index in [1.165, 1.54) is 0 Å². The van der Waals surface area contributed by atoms with E-state index in [0.29, 0.717) is 17.9 Å². The third-order valence-corrected chi connectivity index (χ3v) is 3.49. The molecule has 3 N–H and O–H groups in total. The van der Waals surface area contributed by atoms with Crippen LogP contribution in [0.3, 0.4) is 0 Å². The highest BCUT2D eigenvalue weighted by Gasteiger charge is 2.24. The van der Waals surface area contributed by atoms with Crippen molar-refractivity contribution in [2.75, 3.05) is 27.2 Å². The average Bonchev–Trinajstić information content (AvgIpc) is 2.56. The summed E-state index contributed by atoms with van der Waals surface area (Å²) >= 11 is 0. The van der Waals surface area contributed by atoms with Gasteiger partial charge in [0, 0.05) is 12.1 Å². The van der Waals surface area contributed by atoms with Crippen LogP contribution in [0.4, 0.5) is 0 Å². The molecule has 0 fully saturated rings. The van der Waals surface area contributed by atoms with Crippen LogP contribution in [-0.2, 0) is 4.79 Å². The second kappa shape index (κ2) is 11.7. The minimum Gasteiger partial charge on any atom is -0.497 e. The van der Waals surface area contributed by atoms with E-state index in [0.717, 1.165) is 13.0 Å². The average molecular weight is 358 g/mol. The number of methoxy groups -OCH3 is 1. The molecule has 1 aromatic rings. The maximum Gasteiger partial charge on any atom is 0.251 e. The molecule has 0 aliphatic heterocycles. The molecule has 0 aliphatic carbocycles. The van der Waals surface area contributed by atoms with Gasteiger partial charge in [-0.05, 0) is 50.2 Å². The van der Waals surface area contributed by atoms with E-state index in [-0.39, 0.29) is 30.1 Å². The molecule has 0 radical (unpaired) electrons. The van der Waals surface area contributed by atoms with E-state index in [1.54, 1.807) is 31.4 Å². The molecule has 0 saturated carbocycles. The molecule has 0 spiro atoms. The molecule has 1 aromatic carbocycles. The van der Waals surface area contributed by atoms with Gasteiger partial charge in [0.2, 0.25) is 5.91 Å². The van der Waals surface area contributed by atoms with Crippen LogP contribution in [0.1, 0.15) is 30.6 Å². The number of hydrogen-bond donors (Lipinski definition) is 3. The normalized spacial score (nSPS) is 11.4. The number of amides is 2. The van der Waals surface area contributed by atoms with E-state index in [4.69, 9.17) is 4.74 Å². The van der Waals surface area contributed by atoms with Gasteiger partial charge in [-0.3, -0.25) is 9.59 Å². The van der Waals surface area contributed by atoms with Crippen molar-refractivity contribution >= 4 is 24.2 Å². The number of rotatable bonds is 9. The second-order valence-corrected chi connectivity index (χ2v) is 5.67. The Morgan fingerprint density at radius 3 is 2.25 bits per heavy atom.